The molecule has 0 aromatic carbocycles. The second kappa shape index (κ2) is 31.6. The first-order valence-corrected chi connectivity index (χ1v) is 13.1. The summed E-state index contributed by atoms with van der Waals surface area (Å²) in [6.07, 6.45) is 14.8. The highest BCUT2D eigenvalue weighted by atomic mass is 14.2. The van der Waals surface area contributed by atoms with Crippen LogP contribution < -0.4 is 0 Å². The van der Waals surface area contributed by atoms with E-state index in [2.05, 4.69) is 113 Å². The maximum Gasteiger partial charge on any atom is 0.00431 e. The van der Waals surface area contributed by atoms with Crippen LogP contribution in [0.3, 0.4) is 0 Å². The van der Waals surface area contributed by atoms with E-state index < -0.39 is 0 Å². The van der Waals surface area contributed by atoms with E-state index in [1.807, 2.05) is 34.6 Å². The Balaban J connectivity index is -0.000000119. The summed E-state index contributed by atoms with van der Waals surface area (Å²) in [6.45, 7) is 39.1. The van der Waals surface area contributed by atoms with Crippen LogP contribution >= 0.6 is 0 Å². The van der Waals surface area contributed by atoms with E-state index >= 15 is 0 Å². The standard InChI is InChI=1S/C15H22.C7H12.2C3H8.2C2H6/c1-6-12(3)14(5)15-10-8-11(2)7-9-13(15)4;1-5-7(4)6(2)3;2*1-3-2;2*1-2/h6-10,14-15H,1-5H3;2,4-5H2,1,3H3;2*3H2,1-2H3;2*1-2H3/b12-6+;;;;;. The van der Waals surface area contributed by atoms with Crippen LogP contribution in [0, 0.1) is 11.8 Å². The van der Waals surface area contributed by atoms with Crippen LogP contribution in [0.25, 0.3) is 0 Å². The molecule has 190 valence electrons. The van der Waals surface area contributed by atoms with Crippen LogP contribution in [-0.2, 0) is 0 Å². The quantitative estimate of drug-likeness (QED) is 0.297. The van der Waals surface area contributed by atoms with Crippen LogP contribution in [0.2, 0.25) is 0 Å². The molecule has 0 nitrogen and oxygen atoms in total. The summed E-state index contributed by atoms with van der Waals surface area (Å²) in [5.74, 6) is 1.15. The third kappa shape index (κ3) is 26.5. The monoisotopic (exact) mass is 446 g/mol. The summed E-state index contributed by atoms with van der Waals surface area (Å²) >= 11 is 0. The van der Waals surface area contributed by atoms with Gasteiger partial charge in [-0.25, -0.2) is 0 Å². The Kier molecular flexibility index (Phi) is 40.3. The Morgan fingerprint density at radius 1 is 0.906 bits per heavy atom. The number of hydrogen-bond donors (Lipinski definition) is 0. The van der Waals surface area contributed by atoms with Crippen molar-refractivity contribution in [3.05, 3.63) is 71.4 Å². The summed E-state index contributed by atoms with van der Waals surface area (Å²) in [6, 6.07) is 0. The van der Waals surface area contributed by atoms with Gasteiger partial charge in [-0.15, -0.1) is 0 Å². The molecule has 0 spiro atoms. The topological polar surface area (TPSA) is 0 Å². The highest BCUT2D eigenvalue weighted by molar-refractivity contribution is 5.32. The zero-order chi connectivity index (χ0) is 26.7. The van der Waals surface area contributed by atoms with Crippen molar-refractivity contribution in [2.24, 2.45) is 11.8 Å². The summed E-state index contributed by atoms with van der Waals surface area (Å²) < 4.78 is 0. The number of rotatable bonds is 4. The maximum atomic E-state index is 3.77. The van der Waals surface area contributed by atoms with Crippen molar-refractivity contribution in [2.45, 2.75) is 123 Å². The van der Waals surface area contributed by atoms with Gasteiger partial charge in [0, 0.05) is 5.92 Å². The molecule has 0 aromatic rings. The molecule has 0 heterocycles. The van der Waals surface area contributed by atoms with Gasteiger partial charge in [-0.1, -0.05) is 153 Å². The first-order valence-electron chi connectivity index (χ1n) is 13.1. The summed E-state index contributed by atoms with van der Waals surface area (Å²) in [5, 5.41) is 0. The van der Waals surface area contributed by atoms with Gasteiger partial charge in [-0.3, -0.25) is 0 Å². The van der Waals surface area contributed by atoms with E-state index in [4.69, 9.17) is 0 Å². The zero-order valence-corrected chi connectivity index (χ0v) is 25.1. The largest absolute Gasteiger partial charge is 0.0959 e. The molecular weight excluding hydrogens is 384 g/mol. The molecule has 2 unspecified atom stereocenters. The van der Waals surface area contributed by atoms with Gasteiger partial charge in [0.05, 0.1) is 0 Å². The fraction of sp³-hybridized carbons (Fsp3) is 0.625. The van der Waals surface area contributed by atoms with Crippen LogP contribution in [0.1, 0.15) is 123 Å². The lowest BCUT2D eigenvalue weighted by atomic mass is 9.83. The van der Waals surface area contributed by atoms with Crippen molar-refractivity contribution >= 4 is 0 Å². The minimum absolute atomic E-state index is 0.551. The molecule has 0 N–H and O–H groups in total. The van der Waals surface area contributed by atoms with Gasteiger partial charge in [-0.05, 0) is 47.0 Å². The Labute approximate surface area is 206 Å². The second-order valence-electron chi connectivity index (χ2n) is 7.68. The van der Waals surface area contributed by atoms with E-state index in [1.54, 1.807) is 0 Å². The van der Waals surface area contributed by atoms with Crippen molar-refractivity contribution in [3.8, 4) is 0 Å². The van der Waals surface area contributed by atoms with Gasteiger partial charge in [0.2, 0.25) is 0 Å². The van der Waals surface area contributed by atoms with Gasteiger partial charge < -0.3 is 0 Å². The van der Waals surface area contributed by atoms with Crippen molar-refractivity contribution in [1.29, 1.82) is 0 Å². The summed E-state index contributed by atoms with van der Waals surface area (Å²) in [5.41, 5.74) is 6.51. The van der Waals surface area contributed by atoms with Gasteiger partial charge in [-0.2, -0.15) is 0 Å². The minimum atomic E-state index is 0.551. The van der Waals surface area contributed by atoms with E-state index in [-0.39, 0.29) is 0 Å². The Hall–Kier alpha value is -1.56. The van der Waals surface area contributed by atoms with Crippen molar-refractivity contribution in [1.82, 2.24) is 0 Å². The summed E-state index contributed by atoms with van der Waals surface area (Å²) in [7, 11) is 0. The smallest absolute Gasteiger partial charge is 0.00431 e. The minimum Gasteiger partial charge on any atom is -0.0959 e. The van der Waals surface area contributed by atoms with E-state index in [1.165, 1.54) is 29.6 Å². The predicted molar refractivity (Wildman–Crippen MR) is 158 cm³/mol. The second-order valence-corrected chi connectivity index (χ2v) is 7.68. The zero-order valence-electron chi connectivity index (χ0n) is 25.1. The van der Waals surface area contributed by atoms with E-state index in [0.717, 1.165) is 17.6 Å². The highest BCUT2D eigenvalue weighted by Crippen LogP contribution is 2.29. The maximum absolute atomic E-state index is 3.77. The molecule has 0 heteroatoms. The molecule has 1 rings (SSSR count). The van der Waals surface area contributed by atoms with Gasteiger partial charge >= 0.3 is 0 Å². The van der Waals surface area contributed by atoms with Crippen LogP contribution in [0.15, 0.2) is 71.4 Å². The molecule has 0 radical (unpaired) electrons. The molecule has 1 aliphatic carbocycles. The van der Waals surface area contributed by atoms with Gasteiger partial charge in [0.1, 0.15) is 0 Å². The first kappa shape index (κ1) is 40.8. The third-order valence-corrected chi connectivity index (χ3v) is 4.44. The Morgan fingerprint density at radius 2 is 1.31 bits per heavy atom. The molecule has 0 saturated carbocycles. The molecule has 0 aromatic heterocycles. The average molecular weight is 447 g/mol. The molecule has 2 atom stereocenters. The molecule has 0 aliphatic heterocycles. The number of hydrogen-bond acceptors (Lipinski definition) is 0. The molecule has 1 aliphatic rings. The fourth-order valence-electron chi connectivity index (χ4n) is 2.25. The lowest BCUT2D eigenvalue weighted by molar-refractivity contribution is 0.551. The van der Waals surface area contributed by atoms with Crippen molar-refractivity contribution in [2.75, 3.05) is 0 Å². The van der Waals surface area contributed by atoms with Crippen LogP contribution in [0.4, 0.5) is 0 Å². The van der Waals surface area contributed by atoms with Gasteiger partial charge in [0.25, 0.3) is 0 Å². The Morgan fingerprint density at radius 3 is 1.59 bits per heavy atom. The van der Waals surface area contributed by atoms with Crippen molar-refractivity contribution < 1.29 is 0 Å². The molecular formula is C32H62. The molecule has 0 amide bonds. The Bertz CT molecular complexity index is 532. The molecule has 32 heavy (non-hydrogen) atoms. The molecule has 0 saturated heterocycles. The lowest BCUT2D eigenvalue weighted by Crippen LogP contribution is -2.11. The van der Waals surface area contributed by atoms with E-state index in [9.17, 15) is 0 Å². The fourth-order valence-corrected chi connectivity index (χ4v) is 2.25. The average Bonchev–Trinajstić information content (AvgIpc) is 2.97. The van der Waals surface area contributed by atoms with E-state index in [0.29, 0.717) is 11.8 Å². The van der Waals surface area contributed by atoms with Gasteiger partial charge in [0.15, 0.2) is 0 Å². The molecule has 0 bridgehead atoms. The normalized spacial score (nSPS) is 14.7. The third-order valence-electron chi connectivity index (χ3n) is 4.44. The highest BCUT2D eigenvalue weighted by Gasteiger charge is 2.17. The molecule has 0 fully saturated rings. The van der Waals surface area contributed by atoms with Crippen molar-refractivity contribution in [3.63, 3.8) is 0 Å². The van der Waals surface area contributed by atoms with Crippen LogP contribution in [-0.4, -0.2) is 0 Å². The summed E-state index contributed by atoms with van der Waals surface area (Å²) in [4.78, 5) is 0. The number of allylic oxidation sites excluding steroid dienone is 10. The first-order chi connectivity index (χ1) is 15.1. The lowest BCUT2D eigenvalue weighted by Gasteiger charge is -2.22. The van der Waals surface area contributed by atoms with Crippen LogP contribution in [0.5, 0.6) is 0 Å². The predicted octanol–water partition coefficient (Wildman–Crippen LogP) is 12.1. The SMILES string of the molecule is C/C=C(\C)C(C)C1C=CC(C)=CC=C1C.C=C(C)C(=C)CC.CC.CC.CCC.CCC.